The molecule has 3 heteroatoms. The van der Waals surface area contributed by atoms with Crippen LogP contribution in [-0.2, 0) is 11.2 Å². The van der Waals surface area contributed by atoms with E-state index < -0.39 is 0 Å². The highest BCUT2D eigenvalue weighted by molar-refractivity contribution is 8.18. The molecule has 0 aliphatic carbocycles. The van der Waals surface area contributed by atoms with Gasteiger partial charge in [0.1, 0.15) is 4.58 Å². The third-order valence-electron chi connectivity index (χ3n) is 3.46. The first kappa shape index (κ1) is 16.9. The van der Waals surface area contributed by atoms with Gasteiger partial charge in [-0.15, -0.1) is 23.5 Å². The zero-order valence-electron chi connectivity index (χ0n) is 13.2. The summed E-state index contributed by atoms with van der Waals surface area (Å²) in [6.45, 7) is 0. The van der Waals surface area contributed by atoms with Crippen LogP contribution < -0.4 is 0 Å². The fourth-order valence-electron chi connectivity index (χ4n) is 2.28. The van der Waals surface area contributed by atoms with Crippen LogP contribution in [0.15, 0.2) is 101 Å². The monoisotopic (exact) mass is 350 g/mol. The number of carbonyl (C=O) groups is 1. The van der Waals surface area contributed by atoms with E-state index in [2.05, 4.69) is 24.3 Å². The maximum Gasteiger partial charge on any atom is 0.160 e. The lowest BCUT2D eigenvalue weighted by atomic mass is 10.1. The molecule has 3 aromatic rings. The number of carbonyl (C=O) groups excluding carboxylic acids is 1. The van der Waals surface area contributed by atoms with Gasteiger partial charge in [0.15, 0.2) is 5.78 Å². The van der Waals surface area contributed by atoms with Crippen molar-refractivity contribution >= 4 is 29.3 Å². The van der Waals surface area contributed by atoms with E-state index in [0.717, 1.165) is 15.4 Å². The van der Waals surface area contributed by atoms with Gasteiger partial charge < -0.3 is 0 Å². The molecule has 0 radical (unpaired) electrons. The summed E-state index contributed by atoms with van der Waals surface area (Å²) >= 11 is 3.25. The van der Waals surface area contributed by atoms with Crippen molar-refractivity contribution in [2.75, 3.05) is 0 Å². The standard InChI is InChI=1S/C21H18OS2/c22-20(16-17-10-4-1-5-11-17)21(23-18-12-6-2-7-13-18)24-19-14-8-3-9-15-19/h1-15,21H,16H2. The van der Waals surface area contributed by atoms with Gasteiger partial charge in [0.05, 0.1) is 0 Å². The van der Waals surface area contributed by atoms with Gasteiger partial charge in [0.25, 0.3) is 0 Å². The minimum atomic E-state index is -0.157. The van der Waals surface area contributed by atoms with E-state index in [9.17, 15) is 4.79 Å². The molecular weight excluding hydrogens is 332 g/mol. The van der Waals surface area contributed by atoms with Crippen molar-refractivity contribution in [3.05, 3.63) is 96.6 Å². The molecule has 0 aromatic heterocycles. The van der Waals surface area contributed by atoms with E-state index in [1.165, 1.54) is 0 Å². The SMILES string of the molecule is O=C(Cc1ccccc1)C(Sc1ccccc1)Sc1ccccc1. The minimum Gasteiger partial charge on any atom is -0.297 e. The maximum atomic E-state index is 12.9. The smallest absolute Gasteiger partial charge is 0.160 e. The first-order chi connectivity index (χ1) is 11.8. The molecule has 24 heavy (non-hydrogen) atoms. The average Bonchev–Trinajstić information content (AvgIpc) is 2.64. The molecule has 0 N–H and O–H groups in total. The predicted octanol–water partition coefficient (Wildman–Crippen LogP) is 5.71. The molecule has 0 atom stereocenters. The molecule has 3 aromatic carbocycles. The highest BCUT2D eigenvalue weighted by Crippen LogP contribution is 2.36. The lowest BCUT2D eigenvalue weighted by Gasteiger charge is -2.15. The number of benzene rings is 3. The summed E-state index contributed by atoms with van der Waals surface area (Å²) < 4.78 is -0.157. The van der Waals surface area contributed by atoms with Crippen LogP contribution in [0.1, 0.15) is 5.56 Å². The average molecular weight is 351 g/mol. The van der Waals surface area contributed by atoms with E-state index in [1.807, 2.05) is 66.7 Å². The molecule has 120 valence electrons. The second kappa shape index (κ2) is 8.76. The number of Topliss-reactive ketones (excluding diaryl/α,β-unsaturated/α-hetero) is 1. The van der Waals surface area contributed by atoms with Crippen molar-refractivity contribution in [3.63, 3.8) is 0 Å². The summed E-state index contributed by atoms with van der Waals surface area (Å²) in [5, 5.41) is 0. The Morgan fingerprint density at radius 1 is 0.667 bits per heavy atom. The summed E-state index contributed by atoms with van der Waals surface area (Å²) in [4.78, 5) is 15.1. The van der Waals surface area contributed by atoms with Crippen molar-refractivity contribution in [2.24, 2.45) is 0 Å². The third-order valence-corrected chi connectivity index (χ3v) is 6.08. The van der Waals surface area contributed by atoms with Gasteiger partial charge >= 0.3 is 0 Å². The Kier molecular flexibility index (Phi) is 6.16. The van der Waals surface area contributed by atoms with Crippen molar-refractivity contribution in [1.82, 2.24) is 0 Å². The molecule has 0 saturated heterocycles. The van der Waals surface area contributed by atoms with Crippen molar-refractivity contribution in [2.45, 2.75) is 20.8 Å². The quantitative estimate of drug-likeness (QED) is 0.401. The number of hydrogen-bond donors (Lipinski definition) is 0. The molecule has 0 aliphatic rings. The molecule has 0 aliphatic heterocycles. The van der Waals surface area contributed by atoms with Crippen LogP contribution in [0.4, 0.5) is 0 Å². The molecule has 0 fully saturated rings. The molecule has 0 amide bonds. The maximum absolute atomic E-state index is 12.9. The van der Waals surface area contributed by atoms with Crippen molar-refractivity contribution in [1.29, 1.82) is 0 Å². The van der Waals surface area contributed by atoms with Gasteiger partial charge in [-0.3, -0.25) is 4.79 Å². The normalized spacial score (nSPS) is 10.7. The number of ketones is 1. The molecule has 3 rings (SSSR count). The molecule has 0 unspecified atom stereocenters. The summed E-state index contributed by atoms with van der Waals surface area (Å²) in [6, 6.07) is 30.2. The van der Waals surface area contributed by atoms with E-state index >= 15 is 0 Å². The molecule has 0 heterocycles. The second-order valence-electron chi connectivity index (χ2n) is 5.32. The van der Waals surface area contributed by atoms with Gasteiger partial charge in [-0.1, -0.05) is 66.7 Å². The summed E-state index contributed by atoms with van der Waals surface area (Å²) in [5.74, 6) is 0.240. The van der Waals surface area contributed by atoms with E-state index in [1.54, 1.807) is 23.5 Å². The number of thioether (sulfide) groups is 2. The summed E-state index contributed by atoms with van der Waals surface area (Å²) in [5.41, 5.74) is 1.06. The van der Waals surface area contributed by atoms with Crippen molar-refractivity contribution in [3.8, 4) is 0 Å². The van der Waals surface area contributed by atoms with Gasteiger partial charge in [0, 0.05) is 16.2 Å². The topological polar surface area (TPSA) is 17.1 Å². The van der Waals surface area contributed by atoms with Crippen LogP contribution in [0.5, 0.6) is 0 Å². The predicted molar refractivity (Wildman–Crippen MR) is 104 cm³/mol. The Bertz CT molecular complexity index is 716. The van der Waals surface area contributed by atoms with Crippen LogP contribution >= 0.6 is 23.5 Å². The van der Waals surface area contributed by atoms with Crippen LogP contribution in [-0.4, -0.2) is 10.4 Å². The lowest BCUT2D eigenvalue weighted by Crippen LogP contribution is -2.16. The van der Waals surface area contributed by atoms with E-state index in [4.69, 9.17) is 0 Å². The lowest BCUT2D eigenvalue weighted by molar-refractivity contribution is -0.116. The van der Waals surface area contributed by atoms with Crippen molar-refractivity contribution < 1.29 is 4.79 Å². The molecule has 0 spiro atoms. The van der Waals surface area contributed by atoms with Crippen LogP contribution in [0.2, 0.25) is 0 Å². The Hall–Kier alpha value is -1.97. The fraction of sp³-hybridized carbons (Fsp3) is 0.0952. The van der Waals surface area contributed by atoms with Gasteiger partial charge in [-0.2, -0.15) is 0 Å². The van der Waals surface area contributed by atoms with E-state index in [-0.39, 0.29) is 10.4 Å². The Morgan fingerprint density at radius 3 is 1.54 bits per heavy atom. The number of rotatable bonds is 7. The Morgan fingerprint density at radius 2 is 1.08 bits per heavy atom. The summed E-state index contributed by atoms with van der Waals surface area (Å²) in [7, 11) is 0. The van der Waals surface area contributed by atoms with Crippen LogP contribution in [0, 0.1) is 0 Å². The largest absolute Gasteiger partial charge is 0.297 e. The second-order valence-corrected chi connectivity index (χ2v) is 7.98. The summed E-state index contributed by atoms with van der Waals surface area (Å²) in [6.07, 6.45) is 0.463. The zero-order valence-corrected chi connectivity index (χ0v) is 14.8. The van der Waals surface area contributed by atoms with Gasteiger partial charge in [0.2, 0.25) is 0 Å². The first-order valence-corrected chi connectivity index (χ1v) is 9.57. The Balaban J connectivity index is 1.76. The molecular formula is C21H18OS2. The van der Waals surface area contributed by atoms with Crippen LogP contribution in [0.3, 0.4) is 0 Å². The minimum absolute atomic E-state index is 0.157. The highest BCUT2D eigenvalue weighted by atomic mass is 32.2. The van der Waals surface area contributed by atoms with Crippen LogP contribution in [0.25, 0.3) is 0 Å². The molecule has 0 bridgehead atoms. The Labute approximate surface area is 151 Å². The zero-order chi connectivity index (χ0) is 16.6. The fourth-order valence-corrected chi connectivity index (χ4v) is 4.69. The highest BCUT2D eigenvalue weighted by Gasteiger charge is 2.21. The molecule has 0 saturated carbocycles. The van der Waals surface area contributed by atoms with E-state index in [0.29, 0.717) is 6.42 Å². The van der Waals surface area contributed by atoms with Gasteiger partial charge in [-0.25, -0.2) is 0 Å². The third kappa shape index (κ3) is 5.02. The molecule has 1 nitrogen and oxygen atoms in total. The van der Waals surface area contributed by atoms with Gasteiger partial charge in [-0.05, 0) is 29.8 Å². The first-order valence-electron chi connectivity index (χ1n) is 7.81. The number of hydrogen-bond acceptors (Lipinski definition) is 3.